The highest BCUT2D eigenvalue weighted by molar-refractivity contribution is 7.26. The van der Waals surface area contributed by atoms with Gasteiger partial charge in [-0.25, -0.2) is 4.98 Å². The van der Waals surface area contributed by atoms with E-state index in [2.05, 4.69) is 113 Å². The minimum Gasteiger partial charge on any atom is -0.208 e. The van der Waals surface area contributed by atoms with Crippen molar-refractivity contribution in [1.82, 2.24) is 15.0 Å². The summed E-state index contributed by atoms with van der Waals surface area (Å²) in [6.45, 7) is 0. The van der Waals surface area contributed by atoms with Crippen molar-refractivity contribution in [1.29, 1.82) is 0 Å². The van der Waals surface area contributed by atoms with Crippen LogP contribution in [0, 0.1) is 0 Å². The van der Waals surface area contributed by atoms with Gasteiger partial charge in [0.1, 0.15) is 0 Å². The van der Waals surface area contributed by atoms with E-state index >= 15 is 0 Å². The Labute approximate surface area is 251 Å². The van der Waals surface area contributed by atoms with E-state index in [1.165, 1.54) is 48.5 Å². The van der Waals surface area contributed by atoms with E-state index < -0.39 is 0 Å². The van der Waals surface area contributed by atoms with E-state index in [4.69, 9.17) is 16.6 Å². The van der Waals surface area contributed by atoms with Gasteiger partial charge >= 0.3 is 0 Å². The molecule has 0 fully saturated rings. The van der Waals surface area contributed by atoms with Crippen molar-refractivity contribution in [3.8, 4) is 45.0 Å². The van der Waals surface area contributed by atoms with Gasteiger partial charge in [-0.05, 0) is 62.8 Å². The Morgan fingerprint density at radius 2 is 1.12 bits per heavy atom. The van der Waals surface area contributed by atoms with Gasteiger partial charge in [-0.3, -0.25) is 0 Å². The van der Waals surface area contributed by atoms with Gasteiger partial charge < -0.3 is 0 Å². The Kier molecular flexibility index (Phi) is 6.03. The molecule has 0 amide bonds. The fourth-order valence-electron chi connectivity index (χ4n) is 5.68. The molecule has 2 aromatic heterocycles. The van der Waals surface area contributed by atoms with Crippen LogP contribution in [-0.4, -0.2) is 15.0 Å². The fraction of sp³-hybridized carbons (Fsp3) is 0. The predicted octanol–water partition coefficient (Wildman–Crippen LogP) is 10.7. The number of aromatic nitrogens is 3. The summed E-state index contributed by atoms with van der Waals surface area (Å²) in [5, 5.41) is 5.10. The molecule has 0 unspecified atom stereocenters. The summed E-state index contributed by atoms with van der Waals surface area (Å²) in [7, 11) is 0. The van der Waals surface area contributed by atoms with Crippen molar-refractivity contribution in [3.05, 3.63) is 139 Å². The van der Waals surface area contributed by atoms with E-state index in [9.17, 15) is 0 Å². The largest absolute Gasteiger partial charge is 0.226 e. The van der Waals surface area contributed by atoms with Crippen molar-refractivity contribution >= 4 is 53.9 Å². The van der Waals surface area contributed by atoms with Gasteiger partial charge in [0.05, 0.1) is 0 Å². The summed E-state index contributed by atoms with van der Waals surface area (Å²) in [6.07, 6.45) is 0. The Morgan fingerprint density at radius 1 is 0.452 bits per heavy atom. The van der Waals surface area contributed by atoms with Gasteiger partial charge in [-0.15, -0.1) is 11.3 Å². The van der Waals surface area contributed by atoms with E-state index in [0.717, 1.165) is 15.8 Å². The molecular formula is C37H22ClN3S. The summed E-state index contributed by atoms with van der Waals surface area (Å²) in [5.74, 6) is 1.14. The van der Waals surface area contributed by atoms with E-state index in [1.54, 1.807) is 11.3 Å². The van der Waals surface area contributed by atoms with Crippen LogP contribution in [0.5, 0.6) is 0 Å². The normalized spacial score (nSPS) is 11.5. The Morgan fingerprint density at radius 3 is 2.05 bits per heavy atom. The van der Waals surface area contributed by atoms with E-state index in [1.807, 2.05) is 30.3 Å². The summed E-state index contributed by atoms with van der Waals surface area (Å²) in [4.78, 5) is 13.7. The average molecular weight is 576 g/mol. The molecule has 3 nitrogen and oxygen atoms in total. The van der Waals surface area contributed by atoms with Crippen LogP contribution in [0.25, 0.3) is 76.0 Å². The first kappa shape index (κ1) is 24.9. The molecule has 0 aliphatic rings. The Bertz CT molecular complexity index is 2270. The SMILES string of the molecule is Clc1nc(-c2ccccc2)nc(-c2cccc3c2sc2cc(-c4cccc(-c5cccc6ccccc56)c4)ccc23)n1. The molecule has 0 spiro atoms. The topological polar surface area (TPSA) is 38.7 Å². The zero-order valence-electron chi connectivity index (χ0n) is 22.3. The number of nitrogens with zero attached hydrogens (tertiary/aromatic N) is 3. The summed E-state index contributed by atoms with van der Waals surface area (Å²) >= 11 is 8.16. The second-order valence-electron chi connectivity index (χ2n) is 10.2. The summed E-state index contributed by atoms with van der Waals surface area (Å²) < 4.78 is 2.35. The van der Waals surface area contributed by atoms with Crippen LogP contribution in [0.3, 0.4) is 0 Å². The number of rotatable bonds is 4. The monoisotopic (exact) mass is 575 g/mol. The third-order valence-electron chi connectivity index (χ3n) is 7.68. The van der Waals surface area contributed by atoms with Gasteiger partial charge in [0.25, 0.3) is 0 Å². The first-order valence-corrected chi connectivity index (χ1v) is 14.9. The molecular weight excluding hydrogens is 554 g/mol. The molecule has 0 radical (unpaired) electrons. The Balaban J connectivity index is 1.23. The first-order valence-electron chi connectivity index (χ1n) is 13.7. The molecule has 198 valence electrons. The lowest BCUT2D eigenvalue weighted by Crippen LogP contribution is -1.97. The smallest absolute Gasteiger partial charge is 0.208 e. The summed E-state index contributed by atoms with van der Waals surface area (Å²) in [5.41, 5.74) is 6.69. The number of hydrogen-bond donors (Lipinski definition) is 0. The highest BCUT2D eigenvalue weighted by Gasteiger charge is 2.16. The van der Waals surface area contributed by atoms with E-state index in [-0.39, 0.29) is 5.28 Å². The molecule has 0 aliphatic heterocycles. The Hall–Kier alpha value is -4.90. The van der Waals surface area contributed by atoms with Crippen LogP contribution in [-0.2, 0) is 0 Å². The molecule has 0 bridgehead atoms. The van der Waals surface area contributed by atoms with Crippen molar-refractivity contribution in [3.63, 3.8) is 0 Å². The molecule has 0 saturated heterocycles. The molecule has 8 rings (SSSR count). The van der Waals surface area contributed by atoms with E-state index in [0.29, 0.717) is 11.6 Å². The molecule has 0 atom stereocenters. The predicted molar refractivity (Wildman–Crippen MR) is 177 cm³/mol. The van der Waals surface area contributed by atoms with Crippen LogP contribution in [0.4, 0.5) is 0 Å². The van der Waals surface area contributed by atoms with Gasteiger partial charge in [0.2, 0.25) is 5.28 Å². The number of hydrogen-bond acceptors (Lipinski definition) is 4. The average Bonchev–Trinajstić information content (AvgIpc) is 3.43. The molecule has 0 N–H and O–H groups in total. The minimum atomic E-state index is 0.185. The number of benzene rings is 6. The van der Waals surface area contributed by atoms with Crippen LogP contribution in [0.2, 0.25) is 5.28 Å². The van der Waals surface area contributed by atoms with Crippen LogP contribution in [0.15, 0.2) is 133 Å². The maximum atomic E-state index is 6.40. The molecule has 0 aliphatic carbocycles. The third kappa shape index (κ3) is 4.33. The van der Waals surface area contributed by atoms with Gasteiger partial charge in [0.15, 0.2) is 11.6 Å². The highest BCUT2D eigenvalue weighted by atomic mass is 35.5. The van der Waals surface area contributed by atoms with Gasteiger partial charge in [0, 0.05) is 31.3 Å². The van der Waals surface area contributed by atoms with Crippen LogP contribution >= 0.6 is 22.9 Å². The second kappa shape index (κ2) is 10.2. The quantitative estimate of drug-likeness (QED) is 0.209. The highest BCUT2D eigenvalue weighted by Crippen LogP contribution is 2.41. The second-order valence-corrected chi connectivity index (χ2v) is 11.6. The number of thiophene rings is 1. The molecule has 8 aromatic rings. The molecule has 6 aromatic carbocycles. The fourth-order valence-corrected chi connectivity index (χ4v) is 7.10. The number of fused-ring (bicyclic) bond motifs is 4. The maximum absolute atomic E-state index is 6.40. The van der Waals surface area contributed by atoms with Crippen LogP contribution < -0.4 is 0 Å². The standard InChI is InChI=1S/C37H22ClN3S/c38-37-40-35(24-10-2-1-3-11-24)39-36(41-37)32-18-8-17-31-30-20-19-26(22-33(30)42-34(31)32)25-13-6-14-27(21-25)29-16-7-12-23-9-4-5-15-28(23)29/h1-22H. The lowest BCUT2D eigenvalue weighted by atomic mass is 9.95. The molecule has 42 heavy (non-hydrogen) atoms. The number of halogens is 1. The lowest BCUT2D eigenvalue weighted by Gasteiger charge is -2.09. The van der Waals surface area contributed by atoms with Gasteiger partial charge in [-0.1, -0.05) is 115 Å². The zero-order chi connectivity index (χ0) is 28.0. The van der Waals surface area contributed by atoms with Crippen molar-refractivity contribution in [2.45, 2.75) is 0 Å². The molecule has 0 saturated carbocycles. The summed E-state index contributed by atoms with van der Waals surface area (Å²) in [6, 6.07) is 46.8. The lowest BCUT2D eigenvalue weighted by molar-refractivity contribution is 1.07. The van der Waals surface area contributed by atoms with Crippen molar-refractivity contribution in [2.24, 2.45) is 0 Å². The minimum absolute atomic E-state index is 0.185. The van der Waals surface area contributed by atoms with Crippen molar-refractivity contribution < 1.29 is 0 Å². The van der Waals surface area contributed by atoms with Gasteiger partial charge in [-0.2, -0.15) is 9.97 Å². The molecule has 2 heterocycles. The first-order chi connectivity index (χ1) is 20.7. The van der Waals surface area contributed by atoms with Crippen LogP contribution in [0.1, 0.15) is 0 Å². The molecule has 5 heteroatoms. The zero-order valence-corrected chi connectivity index (χ0v) is 23.9. The maximum Gasteiger partial charge on any atom is 0.226 e. The van der Waals surface area contributed by atoms with Crippen molar-refractivity contribution in [2.75, 3.05) is 0 Å². The third-order valence-corrected chi connectivity index (χ3v) is 9.05.